The van der Waals surface area contributed by atoms with Crippen LogP contribution in [0.25, 0.3) is 0 Å². The third-order valence-corrected chi connectivity index (χ3v) is 2.74. The summed E-state index contributed by atoms with van der Waals surface area (Å²) in [5.74, 6) is 1.90. The van der Waals surface area contributed by atoms with E-state index in [9.17, 15) is 4.79 Å². The third-order valence-electron chi connectivity index (χ3n) is 2.74. The zero-order valence-electron chi connectivity index (χ0n) is 10.1. The van der Waals surface area contributed by atoms with Crippen LogP contribution in [0.15, 0.2) is 10.5 Å². The van der Waals surface area contributed by atoms with Gasteiger partial charge >= 0.3 is 0 Å². The molecule has 0 fully saturated rings. The first-order valence-electron chi connectivity index (χ1n) is 5.67. The molecule has 84 valence electrons. The first kappa shape index (κ1) is 12.0. The van der Waals surface area contributed by atoms with Crippen molar-refractivity contribution in [3.63, 3.8) is 0 Å². The van der Waals surface area contributed by atoms with Crippen LogP contribution >= 0.6 is 0 Å². The van der Waals surface area contributed by atoms with E-state index in [0.29, 0.717) is 0 Å². The summed E-state index contributed by atoms with van der Waals surface area (Å²) >= 11 is 0. The van der Waals surface area contributed by atoms with Crippen LogP contribution in [0.5, 0.6) is 0 Å². The van der Waals surface area contributed by atoms with Crippen molar-refractivity contribution in [2.24, 2.45) is 5.92 Å². The molecule has 0 amide bonds. The molecule has 0 saturated heterocycles. The van der Waals surface area contributed by atoms with Crippen molar-refractivity contribution in [3.8, 4) is 0 Å². The summed E-state index contributed by atoms with van der Waals surface area (Å²) in [5.41, 5.74) is 0.760. The van der Waals surface area contributed by atoms with Crippen molar-refractivity contribution in [2.75, 3.05) is 0 Å². The van der Waals surface area contributed by atoms with E-state index in [1.807, 2.05) is 26.8 Å². The minimum absolute atomic E-state index is 0.112. The molecule has 0 aliphatic carbocycles. The molecule has 1 aromatic heterocycles. The Bertz CT molecular complexity index is 336. The highest BCUT2D eigenvalue weighted by Crippen LogP contribution is 2.20. The summed E-state index contributed by atoms with van der Waals surface area (Å²) in [6, 6.07) is 1.85. The maximum absolute atomic E-state index is 12.0. The van der Waals surface area contributed by atoms with Gasteiger partial charge in [0.15, 0.2) is 5.78 Å². The van der Waals surface area contributed by atoms with Gasteiger partial charge in [-0.25, -0.2) is 0 Å². The lowest BCUT2D eigenvalue weighted by Crippen LogP contribution is -2.11. The average molecular weight is 208 g/mol. The Labute approximate surface area is 91.7 Å². The van der Waals surface area contributed by atoms with Crippen LogP contribution in [0.3, 0.4) is 0 Å². The molecule has 2 heteroatoms. The van der Waals surface area contributed by atoms with E-state index in [4.69, 9.17) is 4.42 Å². The predicted molar refractivity (Wildman–Crippen MR) is 61.2 cm³/mol. The van der Waals surface area contributed by atoms with Gasteiger partial charge in [-0.15, -0.1) is 0 Å². The van der Waals surface area contributed by atoms with E-state index in [-0.39, 0.29) is 11.7 Å². The summed E-state index contributed by atoms with van der Waals surface area (Å²) in [5, 5.41) is 0. The van der Waals surface area contributed by atoms with E-state index < -0.39 is 0 Å². The molecule has 0 N–H and O–H groups in total. The lowest BCUT2D eigenvalue weighted by Gasteiger charge is -2.08. The normalized spacial score (nSPS) is 12.8. The first-order valence-corrected chi connectivity index (χ1v) is 5.67. The van der Waals surface area contributed by atoms with Crippen LogP contribution < -0.4 is 0 Å². The molecule has 0 aliphatic rings. The number of Topliss-reactive ketones (excluding diaryl/α,β-unsaturated/α-hetero) is 1. The Morgan fingerprint density at radius 2 is 2.13 bits per heavy atom. The second-order valence-electron chi connectivity index (χ2n) is 4.23. The second kappa shape index (κ2) is 5.15. The second-order valence-corrected chi connectivity index (χ2v) is 4.23. The Hall–Kier alpha value is -1.05. The summed E-state index contributed by atoms with van der Waals surface area (Å²) in [7, 11) is 0. The molecule has 1 rings (SSSR count). The van der Waals surface area contributed by atoms with E-state index in [0.717, 1.165) is 36.3 Å². The van der Waals surface area contributed by atoms with Crippen LogP contribution in [0.2, 0.25) is 0 Å². The van der Waals surface area contributed by atoms with Crippen molar-refractivity contribution in [3.05, 3.63) is 23.2 Å². The van der Waals surface area contributed by atoms with Gasteiger partial charge in [0, 0.05) is 5.92 Å². The number of aryl methyl sites for hydroxylation is 2. The number of unbranched alkanes of at least 4 members (excludes halogenated alkanes) is 1. The van der Waals surface area contributed by atoms with Crippen molar-refractivity contribution in [2.45, 2.75) is 47.0 Å². The quantitative estimate of drug-likeness (QED) is 0.687. The van der Waals surface area contributed by atoms with Gasteiger partial charge in [0.2, 0.25) is 0 Å². The predicted octanol–water partition coefficient (Wildman–Crippen LogP) is 3.91. The molecule has 1 heterocycles. The number of carbonyl (C=O) groups excluding carboxylic acids is 1. The van der Waals surface area contributed by atoms with Crippen molar-refractivity contribution >= 4 is 5.78 Å². The van der Waals surface area contributed by atoms with E-state index in [1.54, 1.807) is 0 Å². The Morgan fingerprint density at radius 3 is 2.60 bits per heavy atom. The van der Waals surface area contributed by atoms with Crippen molar-refractivity contribution in [1.82, 2.24) is 0 Å². The minimum Gasteiger partial charge on any atom is -0.466 e. The molecule has 1 atom stereocenters. The maximum Gasteiger partial charge on any atom is 0.169 e. The van der Waals surface area contributed by atoms with Gasteiger partial charge in [-0.1, -0.05) is 26.7 Å². The monoisotopic (exact) mass is 208 g/mol. The number of ketones is 1. The Balaban J connectivity index is 2.71. The zero-order valence-corrected chi connectivity index (χ0v) is 10.1. The number of hydrogen-bond donors (Lipinski definition) is 0. The Morgan fingerprint density at radius 1 is 1.47 bits per heavy atom. The van der Waals surface area contributed by atoms with Gasteiger partial charge < -0.3 is 4.42 Å². The van der Waals surface area contributed by atoms with Crippen LogP contribution in [0, 0.1) is 19.8 Å². The lowest BCUT2D eigenvalue weighted by atomic mass is 9.95. The summed E-state index contributed by atoms with van der Waals surface area (Å²) in [6.45, 7) is 7.87. The van der Waals surface area contributed by atoms with Crippen LogP contribution in [0.4, 0.5) is 0 Å². The van der Waals surface area contributed by atoms with Gasteiger partial charge in [-0.3, -0.25) is 4.79 Å². The summed E-state index contributed by atoms with van der Waals surface area (Å²) in [6.07, 6.45) is 3.23. The van der Waals surface area contributed by atoms with E-state index in [2.05, 4.69) is 6.92 Å². The first-order chi connectivity index (χ1) is 7.06. The molecular weight excluding hydrogens is 188 g/mol. The van der Waals surface area contributed by atoms with E-state index >= 15 is 0 Å². The molecule has 0 saturated carbocycles. The highest BCUT2D eigenvalue weighted by Gasteiger charge is 2.19. The van der Waals surface area contributed by atoms with Gasteiger partial charge in [-0.05, 0) is 26.3 Å². The van der Waals surface area contributed by atoms with Crippen LogP contribution in [-0.2, 0) is 0 Å². The van der Waals surface area contributed by atoms with E-state index in [1.165, 1.54) is 0 Å². The minimum atomic E-state index is 0.112. The number of hydrogen-bond acceptors (Lipinski definition) is 2. The van der Waals surface area contributed by atoms with Gasteiger partial charge in [-0.2, -0.15) is 0 Å². The highest BCUT2D eigenvalue weighted by atomic mass is 16.3. The fraction of sp³-hybridized carbons (Fsp3) is 0.615. The topological polar surface area (TPSA) is 30.2 Å². The molecule has 0 spiro atoms. The van der Waals surface area contributed by atoms with Crippen LogP contribution in [-0.4, -0.2) is 5.78 Å². The van der Waals surface area contributed by atoms with Crippen molar-refractivity contribution < 1.29 is 9.21 Å². The molecule has 0 aromatic carbocycles. The SMILES string of the molecule is CCCCC(C)C(=O)c1cc(C)oc1C. The van der Waals surface area contributed by atoms with Crippen LogP contribution in [0.1, 0.15) is 55.0 Å². The Kier molecular flexibility index (Phi) is 4.13. The van der Waals surface area contributed by atoms with Gasteiger partial charge in [0.05, 0.1) is 5.56 Å². The molecule has 15 heavy (non-hydrogen) atoms. The fourth-order valence-electron chi connectivity index (χ4n) is 1.78. The summed E-state index contributed by atoms with van der Waals surface area (Å²) < 4.78 is 5.37. The fourth-order valence-corrected chi connectivity index (χ4v) is 1.78. The van der Waals surface area contributed by atoms with Crippen molar-refractivity contribution in [1.29, 1.82) is 0 Å². The molecular formula is C13H20O2. The van der Waals surface area contributed by atoms with Gasteiger partial charge in [0.25, 0.3) is 0 Å². The number of furan rings is 1. The highest BCUT2D eigenvalue weighted by molar-refractivity contribution is 5.98. The maximum atomic E-state index is 12.0. The molecule has 1 aromatic rings. The summed E-state index contributed by atoms with van der Waals surface area (Å²) in [4.78, 5) is 12.0. The molecule has 0 bridgehead atoms. The van der Waals surface area contributed by atoms with Gasteiger partial charge in [0.1, 0.15) is 11.5 Å². The zero-order chi connectivity index (χ0) is 11.4. The smallest absolute Gasteiger partial charge is 0.169 e. The number of carbonyl (C=O) groups is 1. The largest absolute Gasteiger partial charge is 0.466 e. The molecule has 0 radical (unpaired) electrons. The average Bonchev–Trinajstić information content (AvgIpc) is 2.53. The lowest BCUT2D eigenvalue weighted by molar-refractivity contribution is 0.0921. The number of rotatable bonds is 5. The molecule has 2 nitrogen and oxygen atoms in total. The standard InChI is InChI=1S/C13H20O2/c1-5-6-7-9(2)13(14)12-8-10(3)15-11(12)4/h8-9H,5-7H2,1-4H3. The third kappa shape index (κ3) is 2.95. The molecule has 1 unspecified atom stereocenters. The molecule has 0 aliphatic heterocycles.